The van der Waals surface area contributed by atoms with E-state index in [4.69, 9.17) is 5.26 Å². The van der Waals surface area contributed by atoms with Gasteiger partial charge in [-0.25, -0.2) is 0 Å². The lowest BCUT2D eigenvalue weighted by Crippen LogP contribution is -2.14. The molecule has 1 saturated carbocycles. The van der Waals surface area contributed by atoms with Crippen molar-refractivity contribution >= 4 is 0 Å². The van der Waals surface area contributed by atoms with Gasteiger partial charge in [-0.05, 0) is 55.2 Å². The largest absolute Gasteiger partial charge is 0.192 e. The van der Waals surface area contributed by atoms with E-state index in [1.165, 1.54) is 63.4 Å². The predicted molar refractivity (Wildman–Crippen MR) is 98.2 cm³/mol. The van der Waals surface area contributed by atoms with E-state index >= 15 is 0 Å². The van der Waals surface area contributed by atoms with Crippen molar-refractivity contribution in [2.45, 2.75) is 71.1 Å². The van der Waals surface area contributed by atoms with Gasteiger partial charge in [0, 0.05) is 0 Å². The third-order valence-electron chi connectivity index (χ3n) is 5.25. The second-order valence-corrected chi connectivity index (χ2v) is 7.10. The zero-order valence-electron chi connectivity index (χ0n) is 14.6. The summed E-state index contributed by atoms with van der Waals surface area (Å²) in [4.78, 5) is 0. The molecule has 2 rings (SSSR count). The van der Waals surface area contributed by atoms with Crippen LogP contribution in [0, 0.1) is 23.2 Å². The molecule has 1 fully saturated rings. The zero-order valence-corrected chi connectivity index (χ0v) is 14.6. The average Bonchev–Trinajstić information content (AvgIpc) is 2.61. The topological polar surface area (TPSA) is 23.8 Å². The average molecular weight is 309 g/mol. The molecule has 1 aliphatic rings. The van der Waals surface area contributed by atoms with E-state index in [2.05, 4.69) is 37.3 Å². The molecule has 0 aromatic heterocycles. The standard InChI is InChI=1S/C22H31N/c1-2-3-4-7-19-10-12-20(13-11-19)8-5-6-9-21-14-16-22(18-23)17-15-21/h5-6,14-17,19-20H,2-4,7-13H2,1H3. The van der Waals surface area contributed by atoms with Crippen LogP contribution in [0.25, 0.3) is 0 Å². The monoisotopic (exact) mass is 309 g/mol. The number of nitrogens with zero attached hydrogens (tertiary/aromatic N) is 1. The summed E-state index contributed by atoms with van der Waals surface area (Å²) >= 11 is 0. The molecule has 0 atom stereocenters. The lowest BCUT2D eigenvalue weighted by Gasteiger charge is -2.27. The Kier molecular flexibility index (Phi) is 7.95. The molecule has 0 unspecified atom stereocenters. The number of unbranched alkanes of at least 4 members (excludes halogenated alkanes) is 2. The van der Waals surface area contributed by atoms with Crippen molar-refractivity contribution in [3.05, 3.63) is 47.5 Å². The van der Waals surface area contributed by atoms with Crippen LogP contribution in [0.1, 0.15) is 75.8 Å². The van der Waals surface area contributed by atoms with Gasteiger partial charge in [0.25, 0.3) is 0 Å². The van der Waals surface area contributed by atoms with Crippen molar-refractivity contribution in [2.24, 2.45) is 11.8 Å². The van der Waals surface area contributed by atoms with Crippen LogP contribution in [-0.4, -0.2) is 0 Å². The molecule has 0 aliphatic heterocycles. The Morgan fingerprint density at radius 1 is 1.00 bits per heavy atom. The van der Waals surface area contributed by atoms with E-state index in [1.54, 1.807) is 0 Å². The Morgan fingerprint density at radius 3 is 2.35 bits per heavy atom. The minimum atomic E-state index is 0.744. The quantitative estimate of drug-likeness (QED) is 0.401. The highest BCUT2D eigenvalue weighted by Crippen LogP contribution is 2.33. The van der Waals surface area contributed by atoms with E-state index in [9.17, 15) is 0 Å². The van der Waals surface area contributed by atoms with Gasteiger partial charge in [0.2, 0.25) is 0 Å². The molecule has 0 heterocycles. The molecule has 1 nitrogen and oxygen atoms in total. The van der Waals surface area contributed by atoms with Crippen molar-refractivity contribution in [1.29, 1.82) is 5.26 Å². The number of hydrogen-bond donors (Lipinski definition) is 0. The highest BCUT2D eigenvalue weighted by atomic mass is 14.3. The van der Waals surface area contributed by atoms with Gasteiger partial charge in [-0.3, -0.25) is 0 Å². The van der Waals surface area contributed by atoms with Crippen molar-refractivity contribution in [2.75, 3.05) is 0 Å². The van der Waals surface area contributed by atoms with E-state index in [-0.39, 0.29) is 0 Å². The minimum Gasteiger partial charge on any atom is -0.192 e. The summed E-state index contributed by atoms with van der Waals surface area (Å²) in [7, 11) is 0. The third-order valence-corrected chi connectivity index (χ3v) is 5.25. The second kappa shape index (κ2) is 10.3. The molecule has 0 amide bonds. The Labute approximate surface area is 142 Å². The lowest BCUT2D eigenvalue weighted by molar-refractivity contribution is 0.260. The van der Waals surface area contributed by atoms with Gasteiger partial charge in [-0.15, -0.1) is 0 Å². The van der Waals surface area contributed by atoms with Gasteiger partial charge >= 0.3 is 0 Å². The first kappa shape index (κ1) is 17.8. The van der Waals surface area contributed by atoms with Gasteiger partial charge in [0.1, 0.15) is 0 Å². The van der Waals surface area contributed by atoms with Crippen LogP contribution in [0.5, 0.6) is 0 Å². The molecular formula is C22H31N. The number of allylic oxidation sites excluding steroid dienone is 2. The zero-order chi connectivity index (χ0) is 16.3. The summed E-state index contributed by atoms with van der Waals surface area (Å²) < 4.78 is 0. The van der Waals surface area contributed by atoms with Crippen LogP contribution in [0.15, 0.2) is 36.4 Å². The van der Waals surface area contributed by atoms with Crippen molar-refractivity contribution < 1.29 is 0 Å². The van der Waals surface area contributed by atoms with Crippen LogP contribution in [-0.2, 0) is 6.42 Å². The highest BCUT2D eigenvalue weighted by molar-refractivity contribution is 5.32. The van der Waals surface area contributed by atoms with E-state index in [0.29, 0.717) is 0 Å². The van der Waals surface area contributed by atoms with E-state index < -0.39 is 0 Å². The molecule has 1 aromatic carbocycles. The summed E-state index contributed by atoms with van der Waals surface area (Å²) in [6, 6.07) is 10.1. The Bertz CT molecular complexity index is 498. The summed E-state index contributed by atoms with van der Waals surface area (Å²) in [5.41, 5.74) is 2.04. The van der Waals surface area contributed by atoms with Crippen molar-refractivity contribution in [1.82, 2.24) is 0 Å². The molecule has 124 valence electrons. The van der Waals surface area contributed by atoms with Crippen LogP contribution in [0.2, 0.25) is 0 Å². The third kappa shape index (κ3) is 6.61. The fourth-order valence-electron chi connectivity index (χ4n) is 3.66. The fourth-order valence-corrected chi connectivity index (χ4v) is 3.66. The van der Waals surface area contributed by atoms with Crippen LogP contribution in [0.4, 0.5) is 0 Å². The molecule has 1 aromatic rings. The predicted octanol–water partition coefficient (Wildman–Crippen LogP) is 6.43. The fraction of sp³-hybridized carbons (Fsp3) is 0.591. The van der Waals surface area contributed by atoms with E-state index in [0.717, 1.165) is 23.8 Å². The van der Waals surface area contributed by atoms with Crippen molar-refractivity contribution in [3.8, 4) is 6.07 Å². The van der Waals surface area contributed by atoms with Gasteiger partial charge in [-0.2, -0.15) is 5.26 Å². The maximum absolute atomic E-state index is 8.80. The van der Waals surface area contributed by atoms with Gasteiger partial charge < -0.3 is 0 Å². The SMILES string of the molecule is CCCCCC1CCC(CC=CCc2ccc(C#N)cc2)CC1. The van der Waals surface area contributed by atoms with Gasteiger partial charge in [0.15, 0.2) is 0 Å². The molecule has 23 heavy (non-hydrogen) atoms. The molecule has 0 saturated heterocycles. The molecule has 0 bridgehead atoms. The normalized spacial score (nSPS) is 21.4. The van der Waals surface area contributed by atoms with Crippen molar-refractivity contribution in [3.63, 3.8) is 0 Å². The van der Waals surface area contributed by atoms with Crippen LogP contribution < -0.4 is 0 Å². The molecule has 1 aliphatic carbocycles. The molecule has 0 radical (unpaired) electrons. The van der Waals surface area contributed by atoms with Gasteiger partial charge in [-0.1, -0.05) is 69.7 Å². The lowest BCUT2D eigenvalue weighted by atomic mass is 9.78. The first-order valence-corrected chi connectivity index (χ1v) is 9.45. The van der Waals surface area contributed by atoms with Crippen LogP contribution in [0.3, 0.4) is 0 Å². The molecular weight excluding hydrogens is 278 g/mol. The first-order chi connectivity index (χ1) is 11.3. The van der Waals surface area contributed by atoms with Crippen LogP contribution >= 0.6 is 0 Å². The summed E-state index contributed by atoms with van der Waals surface area (Å²) in [5, 5.41) is 8.80. The number of benzene rings is 1. The summed E-state index contributed by atoms with van der Waals surface area (Å²) in [5.74, 6) is 1.93. The maximum Gasteiger partial charge on any atom is 0.0991 e. The molecule has 0 N–H and O–H groups in total. The van der Waals surface area contributed by atoms with E-state index in [1.807, 2.05) is 12.1 Å². The molecule has 1 heteroatoms. The molecule has 0 spiro atoms. The number of rotatable bonds is 8. The second-order valence-electron chi connectivity index (χ2n) is 7.10. The maximum atomic E-state index is 8.80. The smallest absolute Gasteiger partial charge is 0.0991 e. The summed E-state index contributed by atoms with van der Waals surface area (Å²) in [6.07, 6.45) is 18.3. The minimum absolute atomic E-state index is 0.744. The highest BCUT2D eigenvalue weighted by Gasteiger charge is 2.19. The number of nitriles is 1. The Morgan fingerprint density at radius 2 is 1.70 bits per heavy atom. The summed E-state index contributed by atoms with van der Waals surface area (Å²) in [6.45, 7) is 2.29. The Balaban J connectivity index is 1.62. The van der Waals surface area contributed by atoms with Gasteiger partial charge in [0.05, 0.1) is 11.6 Å². The Hall–Kier alpha value is -1.55. The number of hydrogen-bond acceptors (Lipinski definition) is 1. The first-order valence-electron chi connectivity index (χ1n) is 9.45.